The molecule has 2 rings (SSSR count). The van der Waals surface area contributed by atoms with Crippen molar-refractivity contribution >= 4 is 23.8 Å². The van der Waals surface area contributed by atoms with Crippen LogP contribution in [0.4, 0.5) is 11.4 Å². The topological polar surface area (TPSA) is 83.6 Å². The summed E-state index contributed by atoms with van der Waals surface area (Å²) in [7, 11) is 3.07. The summed E-state index contributed by atoms with van der Waals surface area (Å²) in [6.07, 6.45) is 2.82. The summed E-state index contributed by atoms with van der Waals surface area (Å²) in [6.45, 7) is 0. The SMILES string of the molecule is COc1ccc(O)c(N=CC=Nc2cc(OC)ccc2O)c1. The van der Waals surface area contributed by atoms with Crippen LogP contribution in [0.1, 0.15) is 0 Å². The van der Waals surface area contributed by atoms with Crippen LogP contribution in [0, 0.1) is 0 Å². The molecule has 0 fully saturated rings. The first-order valence-corrected chi connectivity index (χ1v) is 6.44. The first-order valence-electron chi connectivity index (χ1n) is 6.44. The smallest absolute Gasteiger partial charge is 0.141 e. The van der Waals surface area contributed by atoms with E-state index in [4.69, 9.17) is 9.47 Å². The zero-order valence-corrected chi connectivity index (χ0v) is 12.2. The highest BCUT2D eigenvalue weighted by atomic mass is 16.5. The standard InChI is InChI=1S/C16H16N2O4/c1-21-11-3-5-15(19)13(9-11)17-7-8-18-14-10-12(22-2)4-6-16(14)20/h3-10,19-20H,1-2H3. The molecular formula is C16H16N2O4. The molecule has 0 radical (unpaired) electrons. The van der Waals surface area contributed by atoms with Crippen molar-refractivity contribution in [1.82, 2.24) is 0 Å². The molecule has 0 aromatic heterocycles. The van der Waals surface area contributed by atoms with E-state index in [1.165, 1.54) is 38.8 Å². The number of aliphatic imine (C=N–C) groups is 2. The number of phenols is 2. The number of hydrogen-bond acceptors (Lipinski definition) is 6. The average molecular weight is 300 g/mol. The van der Waals surface area contributed by atoms with Gasteiger partial charge in [0.1, 0.15) is 34.4 Å². The Morgan fingerprint density at radius 1 is 0.773 bits per heavy atom. The van der Waals surface area contributed by atoms with E-state index in [0.29, 0.717) is 22.9 Å². The Labute approximate surface area is 128 Å². The van der Waals surface area contributed by atoms with E-state index in [1.54, 1.807) is 24.3 Å². The van der Waals surface area contributed by atoms with Gasteiger partial charge in [-0.1, -0.05) is 0 Å². The van der Waals surface area contributed by atoms with Crippen LogP contribution in [0.25, 0.3) is 0 Å². The van der Waals surface area contributed by atoms with E-state index in [0.717, 1.165) is 0 Å². The number of hydrogen-bond donors (Lipinski definition) is 2. The van der Waals surface area contributed by atoms with Crippen LogP contribution in [0.2, 0.25) is 0 Å². The second kappa shape index (κ2) is 7.12. The first kappa shape index (κ1) is 15.4. The molecule has 0 aliphatic rings. The van der Waals surface area contributed by atoms with Crippen LogP contribution in [0.3, 0.4) is 0 Å². The summed E-state index contributed by atoms with van der Waals surface area (Å²) in [5.41, 5.74) is 0.723. The zero-order valence-electron chi connectivity index (χ0n) is 12.2. The molecule has 0 aliphatic carbocycles. The Kier molecular flexibility index (Phi) is 4.98. The van der Waals surface area contributed by atoms with Crippen LogP contribution in [-0.2, 0) is 0 Å². The third-order valence-corrected chi connectivity index (χ3v) is 2.86. The highest BCUT2D eigenvalue weighted by Crippen LogP contribution is 2.31. The van der Waals surface area contributed by atoms with Crippen LogP contribution in [0.5, 0.6) is 23.0 Å². The number of aromatic hydroxyl groups is 2. The predicted octanol–water partition coefficient (Wildman–Crippen LogP) is 3.22. The molecule has 0 spiro atoms. The molecule has 2 aromatic rings. The van der Waals surface area contributed by atoms with Gasteiger partial charge in [-0.3, -0.25) is 9.98 Å². The molecule has 6 heteroatoms. The molecule has 0 aliphatic heterocycles. The van der Waals surface area contributed by atoms with E-state index in [1.807, 2.05) is 0 Å². The van der Waals surface area contributed by atoms with Crippen LogP contribution < -0.4 is 9.47 Å². The maximum Gasteiger partial charge on any atom is 0.141 e. The molecule has 0 bridgehead atoms. The predicted molar refractivity (Wildman–Crippen MR) is 85.6 cm³/mol. The normalized spacial score (nSPS) is 11.2. The van der Waals surface area contributed by atoms with Crippen molar-refractivity contribution in [3.8, 4) is 23.0 Å². The molecule has 2 N–H and O–H groups in total. The lowest BCUT2D eigenvalue weighted by Crippen LogP contribution is -1.83. The monoisotopic (exact) mass is 300 g/mol. The molecule has 0 amide bonds. The summed E-state index contributed by atoms with van der Waals surface area (Å²) in [4.78, 5) is 8.17. The van der Waals surface area contributed by atoms with E-state index >= 15 is 0 Å². The van der Waals surface area contributed by atoms with E-state index in [-0.39, 0.29) is 11.5 Å². The van der Waals surface area contributed by atoms with Crippen molar-refractivity contribution in [2.24, 2.45) is 9.98 Å². The van der Waals surface area contributed by atoms with E-state index in [2.05, 4.69) is 9.98 Å². The molecule has 0 heterocycles. The fourth-order valence-corrected chi connectivity index (χ4v) is 1.69. The third kappa shape index (κ3) is 3.76. The summed E-state index contributed by atoms with van der Waals surface area (Å²) in [5, 5.41) is 19.4. The molecule has 6 nitrogen and oxygen atoms in total. The van der Waals surface area contributed by atoms with Gasteiger partial charge in [0, 0.05) is 24.6 Å². The van der Waals surface area contributed by atoms with Crippen molar-refractivity contribution < 1.29 is 19.7 Å². The zero-order chi connectivity index (χ0) is 15.9. The van der Waals surface area contributed by atoms with Gasteiger partial charge >= 0.3 is 0 Å². The minimum absolute atomic E-state index is 0.0367. The molecule has 2 aromatic carbocycles. The summed E-state index contributed by atoms with van der Waals surface area (Å²) in [6, 6.07) is 9.46. The summed E-state index contributed by atoms with van der Waals surface area (Å²) >= 11 is 0. The highest BCUT2D eigenvalue weighted by Gasteiger charge is 2.01. The average Bonchev–Trinajstić information content (AvgIpc) is 2.54. The minimum atomic E-state index is 0.0367. The third-order valence-electron chi connectivity index (χ3n) is 2.86. The molecule has 0 unspecified atom stereocenters. The number of methoxy groups -OCH3 is 2. The fraction of sp³-hybridized carbons (Fsp3) is 0.125. The van der Waals surface area contributed by atoms with Gasteiger partial charge in [-0.05, 0) is 24.3 Å². The van der Waals surface area contributed by atoms with Crippen molar-refractivity contribution in [2.75, 3.05) is 14.2 Å². The quantitative estimate of drug-likeness (QED) is 0.830. The second-order valence-electron chi connectivity index (χ2n) is 4.27. The molecular weight excluding hydrogens is 284 g/mol. The van der Waals surface area contributed by atoms with Crippen LogP contribution >= 0.6 is 0 Å². The lowest BCUT2D eigenvalue weighted by Gasteiger charge is -2.02. The van der Waals surface area contributed by atoms with Crippen molar-refractivity contribution in [2.45, 2.75) is 0 Å². The Balaban J connectivity index is 2.15. The Morgan fingerprint density at radius 2 is 1.18 bits per heavy atom. The molecule has 22 heavy (non-hydrogen) atoms. The number of rotatable bonds is 5. The Hall–Kier alpha value is -3.02. The number of nitrogens with zero attached hydrogens (tertiary/aromatic N) is 2. The minimum Gasteiger partial charge on any atom is -0.506 e. The van der Waals surface area contributed by atoms with Gasteiger partial charge in [0.05, 0.1) is 14.2 Å². The van der Waals surface area contributed by atoms with E-state index < -0.39 is 0 Å². The lowest BCUT2D eigenvalue weighted by molar-refractivity contribution is 0.412. The van der Waals surface area contributed by atoms with Gasteiger partial charge in [0.15, 0.2) is 0 Å². The summed E-state index contributed by atoms with van der Waals surface area (Å²) in [5.74, 6) is 1.25. The largest absolute Gasteiger partial charge is 0.506 e. The summed E-state index contributed by atoms with van der Waals surface area (Å²) < 4.78 is 10.1. The van der Waals surface area contributed by atoms with Crippen molar-refractivity contribution in [3.63, 3.8) is 0 Å². The van der Waals surface area contributed by atoms with Gasteiger partial charge in [-0.25, -0.2) is 0 Å². The maximum atomic E-state index is 9.69. The van der Waals surface area contributed by atoms with Gasteiger partial charge in [-0.15, -0.1) is 0 Å². The molecule has 0 saturated heterocycles. The van der Waals surface area contributed by atoms with Crippen LogP contribution in [-0.4, -0.2) is 36.9 Å². The van der Waals surface area contributed by atoms with Crippen molar-refractivity contribution in [1.29, 1.82) is 0 Å². The van der Waals surface area contributed by atoms with Gasteiger partial charge in [0.2, 0.25) is 0 Å². The van der Waals surface area contributed by atoms with Gasteiger partial charge < -0.3 is 19.7 Å². The highest BCUT2D eigenvalue weighted by molar-refractivity contribution is 6.17. The molecule has 114 valence electrons. The van der Waals surface area contributed by atoms with Crippen LogP contribution in [0.15, 0.2) is 46.4 Å². The van der Waals surface area contributed by atoms with Gasteiger partial charge in [0.25, 0.3) is 0 Å². The maximum absolute atomic E-state index is 9.69. The number of ether oxygens (including phenoxy) is 2. The van der Waals surface area contributed by atoms with Gasteiger partial charge in [-0.2, -0.15) is 0 Å². The van der Waals surface area contributed by atoms with E-state index in [9.17, 15) is 10.2 Å². The fourth-order valence-electron chi connectivity index (χ4n) is 1.69. The lowest BCUT2D eigenvalue weighted by atomic mass is 10.3. The number of phenolic OH excluding ortho intramolecular Hbond substituents is 2. The molecule has 0 atom stereocenters. The first-order chi connectivity index (χ1) is 10.6. The Morgan fingerprint density at radius 3 is 1.55 bits per heavy atom. The second-order valence-corrected chi connectivity index (χ2v) is 4.27. The Bertz CT molecular complexity index is 650. The van der Waals surface area contributed by atoms with Crippen molar-refractivity contribution in [3.05, 3.63) is 36.4 Å². The number of benzene rings is 2. The molecule has 0 saturated carbocycles.